The van der Waals surface area contributed by atoms with Crippen molar-refractivity contribution < 1.29 is 14.3 Å². The van der Waals surface area contributed by atoms with E-state index in [1.165, 1.54) is 13.2 Å². The van der Waals surface area contributed by atoms with E-state index in [1.807, 2.05) is 30.3 Å². The summed E-state index contributed by atoms with van der Waals surface area (Å²) in [5.41, 5.74) is 1.44. The highest BCUT2D eigenvalue weighted by atomic mass is 35.5. The third-order valence-electron chi connectivity index (χ3n) is 4.06. The number of amides is 2. The fourth-order valence-corrected chi connectivity index (χ4v) is 2.77. The van der Waals surface area contributed by atoms with Crippen molar-refractivity contribution in [3.63, 3.8) is 0 Å². The van der Waals surface area contributed by atoms with Gasteiger partial charge in [-0.25, -0.2) is 9.59 Å². The molecule has 2 amide bonds. The van der Waals surface area contributed by atoms with Gasteiger partial charge in [-0.15, -0.1) is 0 Å². The largest absolute Gasteiger partial charge is 0.465 e. The molecule has 0 aliphatic heterocycles. The van der Waals surface area contributed by atoms with E-state index in [0.29, 0.717) is 16.3 Å². The van der Waals surface area contributed by atoms with Gasteiger partial charge in [0.1, 0.15) is 0 Å². The first-order chi connectivity index (χ1) is 11.5. The Bertz CT molecular complexity index is 773. The highest BCUT2D eigenvalue weighted by Gasteiger charge is 2.45. The Hall–Kier alpha value is -2.53. The van der Waals surface area contributed by atoms with Crippen LogP contribution in [0.4, 0.5) is 10.5 Å². The minimum absolute atomic E-state index is 0.321. The number of esters is 1. The van der Waals surface area contributed by atoms with E-state index in [0.717, 1.165) is 18.4 Å². The second-order valence-corrected chi connectivity index (χ2v) is 6.12. The second kappa shape index (κ2) is 6.53. The lowest BCUT2D eigenvalue weighted by Gasteiger charge is -2.19. The molecule has 0 radical (unpaired) electrons. The first kappa shape index (κ1) is 16.3. The molecule has 1 aliphatic carbocycles. The molecule has 0 atom stereocenters. The molecule has 24 heavy (non-hydrogen) atoms. The van der Waals surface area contributed by atoms with Gasteiger partial charge in [-0.2, -0.15) is 0 Å². The zero-order chi connectivity index (χ0) is 17.2. The van der Waals surface area contributed by atoms with Gasteiger partial charge in [-0.1, -0.05) is 41.9 Å². The van der Waals surface area contributed by atoms with E-state index >= 15 is 0 Å². The number of hydrogen-bond donors (Lipinski definition) is 2. The van der Waals surface area contributed by atoms with Crippen molar-refractivity contribution in [2.75, 3.05) is 12.4 Å². The van der Waals surface area contributed by atoms with Gasteiger partial charge in [0.2, 0.25) is 0 Å². The first-order valence-electron chi connectivity index (χ1n) is 7.57. The smallest absolute Gasteiger partial charge is 0.337 e. The van der Waals surface area contributed by atoms with Crippen molar-refractivity contribution in [1.29, 1.82) is 0 Å². The lowest BCUT2D eigenvalue weighted by atomic mass is 10.1. The highest BCUT2D eigenvalue weighted by Crippen LogP contribution is 2.45. The number of methoxy groups -OCH3 is 1. The van der Waals surface area contributed by atoms with Gasteiger partial charge in [0.25, 0.3) is 0 Å². The van der Waals surface area contributed by atoms with Crippen molar-refractivity contribution in [3.05, 3.63) is 64.7 Å². The van der Waals surface area contributed by atoms with Gasteiger partial charge in [0, 0.05) is 0 Å². The number of urea groups is 1. The molecular weight excluding hydrogens is 328 g/mol. The van der Waals surface area contributed by atoms with Crippen molar-refractivity contribution in [1.82, 2.24) is 5.32 Å². The molecule has 5 nitrogen and oxygen atoms in total. The van der Waals surface area contributed by atoms with Gasteiger partial charge in [-0.05, 0) is 36.6 Å². The van der Waals surface area contributed by atoms with Crippen LogP contribution in [-0.2, 0) is 10.3 Å². The van der Waals surface area contributed by atoms with E-state index in [2.05, 4.69) is 15.4 Å². The third-order valence-corrected chi connectivity index (χ3v) is 4.39. The molecule has 0 heterocycles. The molecule has 1 aliphatic rings. The quantitative estimate of drug-likeness (QED) is 0.825. The molecule has 0 unspecified atom stereocenters. The molecule has 0 aromatic heterocycles. The van der Waals surface area contributed by atoms with Crippen molar-refractivity contribution >= 4 is 29.3 Å². The standard InChI is InChI=1S/C18H17ClN2O3/c1-24-16(22)12-7-8-14(19)15(11-12)20-17(23)21-18(9-10-18)13-5-3-2-4-6-13/h2-8,11H,9-10H2,1H3,(H2,20,21,23). The van der Waals surface area contributed by atoms with Crippen LogP contribution in [0.2, 0.25) is 5.02 Å². The maximum absolute atomic E-state index is 12.3. The number of carbonyl (C=O) groups excluding carboxylic acids is 2. The summed E-state index contributed by atoms with van der Waals surface area (Å²) in [4.78, 5) is 23.9. The highest BCUT2D eigenvalue weighted by molar-refractivity contribution is 6.33. The van der Waals surface area contributed by atoms with Gasteiger partial charge >= 0.3 is 12.0 Å². The first-order valence-corrected chi connectivity index (χ1v) is 7.94. The van der Waals surface area contributed by atoms with Crippen LogP contribution in [0, 0.1) is 0 Å². The maximum atomic E-state index is 12.3. The van der Waals surface area contributed by atoms with Crippen LogP contribution in [0.1, 0.15) is 28.8 Å². The van der Waals surface area contributed by atoms with E-state index < -0.39 is 5.97 Å². The number of anilines is 1. The molecule has 3 rings (SSSR count). The summed E-state index contributed by atoms with van der Waals surface area (Å²) in [5, 5.41) is 6.05. The van der Waals surface area contributed by atoms with E-state index in [9.17, 15) is 9.59 Å². The normalized spacial score (nSPS) is 14.6. The summed E-state index contributed by atoms with van der Waals surface area (Å²) in [5.74, 6) is -0.488. The van der Waals surface area contributed by atoms with Crippen molar-refractivity contribution in [2.24, 2.45) is 0 Å². The molecule has 6 heteroatoms. The van der Waals surface area contributed by atoms with Gasteiger partial charge in [0.15, 0.2) is 0 Å². The molecule has 1 fully saturated rings. The van der Waals surface area contributed by atoms with Gasteiger partial charge in [0.05, 0.1) is 28.9 Å². The SMILES string of the molecule is COC(=O)c1ccc(Cl)c(NC(=O)NC2(c3ccccc3)CC2)c1. The van der Waals surface area contributed by atoms with E-state index in [1.54, 1.807) is 12.1 Å². The fourth-order valence-electron chi connectivity index (χ4n) is 2.60. The van der Waals surface area contributed by atoms with E-state index in [4.69, 9.17) is 11.6 Å². The minimum atomic E-state index is -0.488. The Morgan fingerprint density at radius 3 is 2.46 bits per heavy atom. The predicted octanol–water partition coefficient (Wildman–Crippen LogP) is 3.94. The van der Waals surface area contributed by atoms with Crippen LogP contribution >= 0.6 is 11.6 Å². The molecular formula is C18H17ClN2O3. The predicted molar refractivity (Wildman–Crippen MR) is 92.3 cm³/mol. The van der Waals surface area contributed by atoms with Crippen LogP contribution in [0.25, 0.3) is 0 Å². The Morgan fingerprint density at radius 1 is 1.12 bits per heavy atom. The Kier molecular flexibility index (Phi) is 4.44. The molecule has 124 valence electrons. The fraction of sp³-hybridized carbons (Fsp3) is 0.222. The minimum Gasteiger partial charge on any atom is -0.465 e. The number of hydrogen-bond acceptors (Lipinski definition) is 3. The summed E-state index contributed by atoms with van der Waals surface area (Å²) >= 11 is 6.10. The average molecular weight is 345 g/mol. The van der Waals surface area contributed by atoms with Crippen LogP contribution < -0.4 is 10.6 Å². The number of carbonyl (C=O) groups is 2. The third kappa shape index (κ3) is 3.36. The number of ether oxygens (including phenoxy) is 1. The summed E-state index contributed by atoms with van der Waals surface area (Å²) in [6, 6.07) is 14.1. The van der Waals surface area contributed by atoms with Crippen LogP contribution in [0.5, 0.6) is 0 Å². The lowest BCUT2D eigenvalue weighted by molar-refractivity contribution is 0.0600. The summed E-state index contributed by atoms with van der Waals surface area (Å²) in [6.07, 6.45) is 1.78. The number of halogens is 1. The van der Waals surface area contributed by atoms with Crippen molar-refractivity contribution in [2.45, 2.75) is 18.4 Å². The average Bonchev–Trinajstić information content (AvgIpc) is 3.37. The van der Waals surface area contributed by atoms with Crippen LogP contribution in [0.3, 0.4) is 0 Å². The van der Waals surface area contributed by atoms with Gasteiger partial charge < -0.3 is 15.4 Å². The Morgan fingerprint density at radius 2 is 1.83 bits per heavy atom. The number of benzene rings is 2. The molecule has 0 spiro atoms. The molecule has 2 N–H and O–H groups in total. The summed E-state index contributed by atoms with van der Waals surface area (Å²) < 4.78 is 4.67. The lowest BCUT2D eigenvalue weighted by Crippen LogP contribution is -2.38. The summed E-state index contributed by atoms with van der Waals surface area (Å²) in [6.45, 7) is 0. The van der Waals surface area contributed by atoms with E-state index in [-0.39, 0.29) is 11.6 Å². The van der Waals surface area contributed by atoms with Crippen LogP contribution in [-0.4, -0.2) is 19.1 Å². The van der Waals surface area contributed by atoms with Crippen molar-refractivity contribution in [3.8, 4) is 0 Å². The molecule has 0 saturated heterocycles. The maximum Gasteiger partial charge on any atom is 0.337 e. The Balaban J connectivity index is 1.73. The van der Waals surface area contributed by atoms with Gasteiger partial charge in [-0.3, -0.25) is 0 Å². The second-order valence-electron chi connectivity index (χ2n) is 5.71. The molecule has 0 bridgehead atoms. The number of nitrogens with one attached hydrogen (secondary N) is 2. The number of rotatable bonds is 4. The topological polar surface area (TPSA) is 67.4 Å². The zero-order valence-electron chi connectivity index (χ0n) is 13.1. The Labute approximate surface area is 145 Å². The summed E-state index contributed by atoms with van der Waals surface area (Å²) in [7, 11) is 1.30. The monoisotopic (exact) mass is 344 g/mol. The molecule has 2 aromatic carbocycles. The van der Waals surface area contributed by atoms with Crippen LogP contribution in [0.15, 0.2) is 48.5 Å². The molecule has 1 saturated carbocycles. The zero-order valence-corrected chi connectivity index (χ0v) is 13.9. The molecule has 2 aromatic rings.